The van der Waals surface area contributed by atoms with Crippen molar-refractivity contribution in [1.82, 2.24) is 4.90 Å². The van der Waals surface area contributed by atoms with Gasteiger partial charge in [-0.2, -0.15) is 0 Å². The van der Waals surface area contributed by atoms with E-state index in [1.165, 1.54) is 13.2 Å². The molecule has 1 saturated heterocycles. The number of carbonyl (C=O) groups excluding carboxylic acids is 3. The first-order chi connectivity index (χ1) is 13.3. The second-order valence-electron chi connectivity index (χ2n) is 6.78. The molecule has 1 N–H and O–H groups in total. The first-order valence-corrected chi connectivity index (χ1v) is 9.29. The van der Waals surface area contributed by atoms with Crippen LogP contribution in [0.25, 0.3) is 0 Å². The highest BCUT2D eigenvalue weighted by molar-refractivity contribution is 6.31. The number of hydrogen-bond donors (Lipinski definition) is 1. The van der Waals surface area contributed by atoms with Crippen molar-refractivity contribution in [1.29, 1.82) is 0 Å². The molecule has 0 spiro atoms. The topological polar surface area (TPSA) is 88.8 Å². The van der Waals surface area contributed by atoms with Gasteiger partial charge in [-0.3, -0.25) is 14.4 Å². The zero-order valence-electron chi connectivity index (χ0n) is 15.6. The van der Waals surface area contributed by atoms with E-state index in [4.69, 9.17) is 20.8 Å². The van der Waals surface area contributed by atoms with Crippen molar-refractivity contribution in [2.45, 2.75) is 32.9 Å². The van der Waals surface area contributed by atoms with Gasteiger partial charge in [0.2, 0.25) is 5.91 Å². The van der Waals surface area contributed by atoms with E-state index in [-0.39, 0.29) is 18.9 Å². The van der Waals surface area contributed by atoms with Gasteiger partial charge in [-0.05, 0) is 43.7 Å². The van der Waals surface area contributed by atoms with Gasteiger partial charge < -0.3 is 19.4 Å². The van der Waals surface area contributed by atoms with Crippen LogP contribution in [0.5, 0.6) is 0 Å². The van der Waals surface area contributed by atoms with Crippen LogP contribution < -0.4 is 5.32 Å². The molecule has 148 valence electrons. The predicted molar refractivity (Wildman–Crippen MR) is 103 cm³/mol. The summed E-state index contributed by atoms with van der Waals surface area (Å²) < 4.78 is 10.5. The number of hydrogen-bond acceptors (Lipinski definition) is 5. The Kier molecular flexibility index (Phi) is 6.04. The number of likely N-dealkylation sites (tertiary alicyclic amines) is 1. The Balaban J connectivity index is 1.54. The second-order valence-corrected chi connectivity index (χ2v) is 7.22. The van der Waals surface area contributed by atoms with Crippen LogP contribution in [0.1, 0.15) is 24.7 Å². The normalized spacial score (nSPS) is 17.5. The maximum Gasteiger partial charge on any atom is 0.312 e. The Morgan fingerprint density at radius 1 is 1.39 bits per heavy atom. The Morgan fingerprint density at radius 3 is 2.89 bits per heavy atom. The number of anilines is 1. The van der Waals surface area contributed by atoms with Gasteiger partial charge in [-0.1, -0.05) is 17.7 Å². The smallest absolute Gasteiger partial charge is 0.312 e. The van der Waals surface area contributed by atoms with Crippen molar-refractivity contribution in [3.63, 3.8) is 0 Å². The average molecular weight is 405 g/mol. The van der Waals surface area contributed by atoms with Crippen molar-refractivity contribution in [3.05, 3.63) is 52.9 Å². The maximum absolute atomic E-state index is 12.4. The number of amides is 2. The molecule has 2 aromatic rings. The van der Waals surface area contributed by atoms with E-state index in [1.807, 2.05) is 6.92 Å². The molecule has 0 aliphatic carbocycles. The lowest BCUT2D eigenvalue weighted by Gasteiger charge is -2.17. The molecule has 1 aromatic carbocycles. The fourth-order valence-electron chi connectivity index (χ4n) is 2.96. The Labute approximate surface area is 167 Å². The minimum absolute atomic E-state index is 0.0568. The highest BCUT2D eigenvalue weighted by Crippen LogP contribution is 2.23. The average Bonchev–Trinajstić information content (AvgIpc) is 3.28. The number of carbonyl (C=O) groups is 3. The van der Waals surface area contributed by atoms with Crippen molar-refractivity contribution in [3.8, 4) is 0 Å². The molecule has 0 radical (unpaired) electrons. The molecule has 1 aliphatic rings. The summed E-state index contributed by atoms with van der Waals surface area (Å²) >= 11 is 5.95. The first kappa shape index (κ1) is 19.9. The molecule has 0 unspecified atom stereocenters. The fraction of sp³-hybridized carbons (Fsp3) is 0.350. The summed E-state index contributed by atoms with van der Waals surface area (Å²) in [6.45, 7) is 3.87. The van der Waals surface area contributed by atoms with Crippen LogP contribution in [0, 0.1) is 12.8 Å². The van der Waals surface area contributed by atoms with E-state index in [2.05, 4.69) is 5.32 Å². The zero-order valence-corrected chi connectivity index (χ0v) is 16.4. The highest BCUT2D eigenvalue weighted by Gasteiger charge is 2.36. The van der Waals surface area contributed by atoms with Gasteiger partial charge in [0.05, 0.1) is 18.7 Å². The molecule has 3 rings (SSSR count). The SMILES string of the molecule is Cc1ccc(Cl)cc1NC(=O)[C@H](C)OC(=O)[C@@H]1CC(=O)N(Cc2ccco2)C1. The molecule has 7 nitrogen and oxygen atoms in total. The second kappa shape index (κ2) is 8.48. The molecule has 2 atom stereocenters. The molecule has 2 heterocycles. The predicted octanol–water partition coefficient (Wildman–Crippen LogP) is 3.16. The van der Waals surface area contributed by atoms with Crippen molar-refractivity contribution in [2.75, 3.05) is 11.9 Å². The van der Waals surface area contributed by atoms with Gasteiger partial charge in [0.25, 0.3) is 5.91 Å². The van der Waals surface area contributed by atoms with Crippen molar-refractivity contribution >= 4 is 35.1 Å². The van der Waals surface area contributed by atoms with Gasteiger partial charge >= 0.3 is 5.97 Å². The minimum Gasteiger partial charge on any atom is -0.467 e. The van der Waals surface area contributed by atoms with E-state index in [9.17, 15) is 14.4 Å². The van der Waals surface area contributed by atoms with Gasteiger partial charge in [0.15, 0.2) is 6.10 Å². The molecule has 1 fully saturated rings. The molecule has 1 aliphatic heterocycles. The number of furan rings is 1. The summed E-state index contributed by atoms with van der Waals surface area (Å²) in [4.78, 5) is 38.4. The number of benzene rings is 1. The minimum atomic E-state index is -1.000. The number of ether oxygens (including phenoxy) is 1. The summed E-state index contributed by atoms with van der Waals surface area (Å²) in [5, 5.41) is 3.20. The van der Waals surface area contributed by atoms with Gasteiger partial charge in [-0.15, -0.1) is 0 Å². The van der Waals surface area contributed by atoms with Crippen molar-refractivity contribution < 1.29 is 23.5 Å². The van der Waals surface area contributed by atoms with Crippen LogP contribution in [0.3, 0.4) is 0 Å². The number of aryl methyl sites for hydroxylation is 1. The van der Waals surface area contributed by atoms with Crippen LogP contribution in [0.15, 0.2) is 41.0 Å². The number of nitrogens with zero attached hydrogens (tertiary/aromatic N) is 1. The molecule has 8 heteroatoms. The lowest BCUT2D eigenvalue weighted by Crippen LogP contribution is -2.33. The van der Waals surface area contributed by atoms with Crippen molar-refractivity contribution in [2.24, 2.45) is 5.92 Å². The Bertz CT molecular complexity index is 881. The van der Waals surface area contributed by atoms with E-state index in [0.717, 1.165) is 5.56 Å². The Morgan fingerprint density at radius 2 is 2.18 bits per heavy atom. The standard InChI is InChI=1S/C20H21ClN2O5/c1-12-5-6-15(21)9-17(12)22-19(25)13(2)28-20(26)14-8-18(24)23(10-14)11-16-4-3-7-27-16/h3-7,9,13-14H,8,10-11H2,1-2H3,(H,22,25)/t13-,14+/m0/s1. The number of esters is 1. The Hall–Kier alpha value is -2.80. The zero-order chi connectivity index (χ0) is 20.3. The third kappa shape index (κ3) is 4.72. The molecule has 0 bridgehead atoms. The van der Waals surface area contributed by atoms with E-state index < -0.39 is 23.9 Å². The van der Waals surface area contributed by atoms with E-state index >= 15 is 0 Å². The summed E-state index contributed by atoms with van der Waals surface area (Å²) in [6.07, 6.45) is 0.588. The van der Waals surface area contributed by atoms with E-state index in [1.54, 1.807) is 35.2 Å². The third-order valence-corrected chi connectivity index (χ3v) is 4.83. The quantitative estimate of drug-likeness (QED) is 0.747. The number of rotatable bonds is 6. The summed E-state index contributed by atoms with van der Waals surface area (Å²) in [6, 6.07) is 8.64. The number of nitrogens with one attached hydrogen (secondary N) is 1. The molecular formula is C20H21ClN2O5. The van der Waals surface area contributed by atoms with Crippen LogP contribution in [0.4, 0.5) is 5.69 Å². The molecular weight excluding hydrogens is 384 g/mol. The van der Waals surface area contributed by atoms with Crippen LogP contribution in [0.2, 0.25) is 5.02 Å². The largest absolute Gasteiger partial charge is 0.467 e. The summed E-state index contributed by atoms with van der Waals surface area (Å²) in [5.41, 5.74) is 1.40. The molecule has 0 saturated carbocycles. The van der Waals surface area contributed by atoms with Gasteiger partial charge in [-0.25, -0.2) is 0 Å². The van der Waals surface area contributed by atoms with Gasteiger partial charge in [0, 0.05) is 23.7 Å². The first-order valence-electron chi connectivity index (χ1n) is 8.91. The maximum atomic E-state index is 12.4. The monoisotopic (exact) mass is 404 g/mol. The molecule has 1 aromatic heterocycles. The fourth-order valence-corrected chi connectivity index (χ4v) is 3.13. The molecule has 2 amide bonds. The van der Waals surface area contributed by atoms with Crippen LogP contribution >= 0.6 is 11.6 Å². The van der Waals surface area contributed by atoms with E-state index in [0.29, 0.717) is 23.0 Å². The van der Waals surface area contributed by atoms with Crippen LogP contribution in [-0.2, 0) is 25.7 Å². The highest BCUT2D eigenvalue weighted by atomic mass is 35.5. The summed E-state index contributed by atoms with van der Waals surface area (Å²) in [5.74, 6) is -1.14. The lowest BCUT2D eigenvalue weighted by atomic mass is 10.1. The van der Waals surface area contributed by atoms with Crippen LogP contribution in [-0.4, -0.2) is 35.3 Å². The number of halogens is 1. The van der Waals surface area contributed by atoms with Gasteiger partial charge in [0.1, 0.15) is 5.76 Å². The third-order valence-electron chi connectivity index (χ3n) is 4.59. The molecule has 28 heavy (non-hydrogen) atoms. The lowest BCUT2D eigenvalue weighted by molar-refractivity contribution is -0.157. The summed E-state index contributed by atoms with van der Waals surface area (Å²) in [7, 11) is 0.